The van der Waals surface area contributed by atoms with Crippen molar-refractivity contribution in [2.45, 2.75) is 6.04 Å². The van der Waals surface area contributed by atoms with Crippen molar-refractivity contribution in [1.82, 2.24) is 5.32 Å². The molecule has 2 N–H and O–H groups in total. The molecule has 21 heavy (non-hydrogen) atoms. The SMILES string of the molecule is COCC(NC(=O)/C=C/c1ccc(N(C)C)cc1)C(=O)O. The zero-order valence-corrected chi connectivity index (χ0v) is 12.4. The average molecular weight is 292 g/mol. The molecule has 1 aromatic rings. The molecule has 1 amide bonds. The Balaban J connectivity index is 2.62. The molecule has 0 radical (unpaired) electrons. The Kier molecular flexibility index (Phi) is 6.42. The summed E-state index contributed by atoms with van der Waals surface area (Å²) in [6.45, 7) is -0.0769. The highest BCUT2D eigenvalue weighted by molar-refractivity contribution is 5.94. The highest BCUT2D eigenvalue weighted by Gasteiger charge is 2.18. The molecular formula is C15H20N2O4. The fourth-order valence-corrected chi connectivity index (χ4v) is 1.62. The van der Waals surface area contributed by atoms with Gasteiger partial charge in [0.05, 0.1) is 6.61 Å². The van der Waals surface area contributed by atoms with E-state index in [0.717, 1.165) is 11.3 Å². The molecular weight excluding hydrogens is 272 g/mol. The van der Waals surface area contributed by atoms with Crippen LogP contribution in [-0.2, 0) is 14.3 Å². The van der Waals surface area contributed by atoms with Gasteiger partial charge in [0.15, 0.2) is 6.04 Å². The summed E-state index contributed by atoms with van der Waals surface area (Å²) in [6.07, 6.45) is 2.93. The van der Waals surface area contributed by atoms with E-state index in [2.05, 4.69) is 5.32 Å². The first-order valence-corrected chi connectivity index (χ1v) is 6.41. The van der Waals surface area contributed by atoms with Crippen LogP contribution in [0.3, 0.4) is 0 Å². The normalized spacial score (nSPS) is 12.1. The Morgan fingerprint density at radius 1 is 1.33 bits per heavy atom. The van der Waals surface area contributed by atoms with Crippen molar-refractivity contribution in [2.24, 2.45) is 0 Å². The number of hydrogen-bond donors (Lipinski definition) is 2. The second-order valence-corrected chi connectivity index (χ2v) is 4.67. The van der Waals surface area contributed by atoms with E-state index in [1.807, 2.05) is 43.3 Å². The van der Waals surface area contributed by atoms with E-state index in [-0.39, 0.29) is 6.61 Å². The number of carboxylic acids is 1. The van der Waals surface area contributed by atoms with Crippen molar-refractivity contribution in [1.29, 1.82) is 0 Å². The molecule has 114 valence electrons. The second kappa shape index (κ2) is 8.06. The van der Waals surface area contributed by atoms with Crippen LogP contribution in [0.5, 0.6) is 0 Å². The van der Waals surface area contributed by atoms with E-state index in [1.165, 1.54) is 13.2 Å². The lowest BCUT2D eigenvalue weighted by molar-refractivity contribution is -0.142. The van der Waals surface area contributed by atoms with Crippen LogP contribution >= 0.6 is 0 Å². The minimum atomic E-state index is -1.13. The van der Waals surface area contributed by atoms with Crippen molar-refractivity contribution in [3.05, 3.63) is 35.9 Å². The van der Waals surface area contributed by atoms with Gasteiger partial charge in [-0.15, -0.1) is 0 Å². The number of methoxy groups -OCH3 is 1. The van der Waals surface area contributed by atoms with Crippen LogP contribution < -0.4 is 10.2 Å². The fraction of sp³-hybridized carbons (Fsp3) is 0.333. The molecule has 0 aromatic heterocycles. The maximum atomic E-state index is 11.7. The summed E-state index contributed by atoms with van der Waals surface area (Å²) < 4.78 is 4.74. The molecule has 6 nitrogen and oxygen atoms in total. The first kappa shape index (κ1) is 16.7. The van der Waals surface area contributed by atoms with Gasteiger partial charge in [0.25, 0.3) is 0 Å². The number of nitrogens with one attached hydrogen (secondary N) is 1. The summed E-state index contributed by atoms with van der Waals surface area (Å²) in [4.78, 5) is 24.5. The average Bonchev–Trinajstić information content (AvgIpc) is 2.45. The molecule has 1 rings (SSSR count). The number of benzene rings is 1. The number of amides is 1. The Labute approximate surface area is 124 Å². The van der Waals surface area contributed by atoms with E-state index in [4.69, 9.17) is 9.84 Å². The van der Waals surface area contributed by atoms with Crippen molar-refractivity contribution >= 4 is 23.6 Å². The van der Waals surface area contributed by atoms with Crippen LogP contribution in [0.15, 0.2) is 30.3 Å². The van der Waals surface area contributed by atoms with Crippen LogP contribution in [0.2, 0.25) is 0 Å². The number of anilines is 1. The lowest BCUT2D eigenvalue weighted by atomic mass is 10.2. The predicted octanol–water partition coefficient (Wildman–Crippen LogP) is 0.982. The molecule has 0 heterocycles. The lowest BCUT2D eigenvalue weighted by Gasteiger charge is -2.12. The van der Waals surface area contributed by atoms with Crippen molar-refractivity contribution in [3.8, 4) is 0 Å². The molecule has 1 unspecified atom stereocenters. The quantitative estimate of drug-likeness (QED) is 0.732. The maximum Gasteiger partial charge on any atom is 0.328 e. The van der Waals surface area contributed by atoms with Crippen LogP contribution in [0, 0.1) is 0 Å². The molecule has 0 aliphatic heterocycles. The van der Waals surface area contributed by atoms with Gasteiger partial charge in [0.2, 0.25) is 5.91 Å². The van der Waals surface area contributed by atoms with Gasteiger partial charge < -0.3 is 20.1 Å². The summed E-state index contributed by atoms with van der Waals surface area (Å²) in [5.74, 6) is -1.61. The number of ether oxygens (including phenoxy) is 1. The Hall–Kier alpha value is -2.34. The number of carbonyl (C=O) groups excluding carboxylic acids is 1. The van der Waals surface area contributed by atoms with E-state index in [9.17, 15) is 9.59 Å². The molecule has 0 aliphatic rings. The van der Waals surface area contributed by atoms with Gasteiger partial charge in [-0.2, -0.15) is 0 Å². The first-order valence-electron chi connectivity index (χ1n) is 6.41. The fourth-order valence-electron chi connectivity index (χ4n) is 1.62. The summed E-state index contributed by atoms with van der Waals surface area (Å²) in [5.41, 5.74) is 1.91. The van der Waals surface area contributed by atoms with E-state index in [0.29, 0.717) is 0 Å². The van der Waals surface area contributed by atoms with E-state index < -0.39 is 17.9 Å². The van der Waals surface area contributed by atoms with Gasteiger partial charge in [0, 0.05) is 33.0 Å². The molecule has 1 atom stereocenters. The summed E-state index contributed by atoms with van der Waals surface area (Å²) in [5, 5.41) is 11.3. The first-order chi connectivity index (χ1) is 9.93. The largest absolute Gasteiger partial charge is 0.480 e. The second-order valence-electron chi connectivity index (χ2n) is 4.67. The molecule has 1 aromatic carbocycles. The zero-order valence-electron chi connectivity index (χ0n) is 12.4. The van der Waals surface area contributed by atoms with E-state index >= 15 is 0 Å². The third-order valence-electron chi connectivity index (χ3n) is 2.78. The van der Waals surface area contributed by atoms with Crippen LogP contribution in [-0.4, -0.2) is 50.8 Å². The van der Waals surface area contributed by atoms with Crippen LogP contribution in [0.25, 0.3) is 6.08 Å². The highest BCUT2D eigenvalue weighted by atomic mass is 16.5. The van der Waals surface area contributed by atoms with Gasteiger partial charge in [-0.05, 0) is 23.8 Å². The van der Waals surface area contributed by atoms with Crippen LogP contribution in [0.1, 0.15) is 5.56 Å². The number of aliphatic carboxylic acids is 1. The molecule has 0 saturated carbocycles. The summed E-state index contributed by atoms with van der Waals surface area (Å²) >= 11 is 0. The van der Waals surface area contributed by atoms with Crippen LogP contribution in [0.4, 0.5) is 5.69 Å². The summed E-state index contributed by atoms with van der Waals surface area (Å²) in [6, 6.07) is 6.57. The molecule has 0 saturated heterocycles. The maximum absolute atomic E-state index is 11.7. The molecule has 0 spiro atoms. The number of rotatable bonds is 7. The number of nitrogens with zero attached hydrogens (tertiary/aromatic N) is 1. The van der Waals surface area contributed by atoms with Gasteiger partial charge >= 0.3 is 5.97 Å². The number of carboxylic acid groups (broad SMARTS) is 1. The van der Waals surface area contributed by atoms with Crippen molar-refractivity contribution in [3.63, 3.8) is 0 Å². The summed E-state index contributed by atoms with van der Waals surface area (Å²) in [7, 11) is 5.27. The standard InChI is InChI=1S/C15H20N2O4/c1-17(2)12-7-4-11(5-8-12)6-9-14(18)16-13(10-21-3)15(19)20/h4-9,13H,10H2,1-3H3,(H,16,18)(H,19,20)/b9-6+. The third kappa shape index (κ3) is 5.66. The minimum Gasteiger partial charge on any atom is -0.480 e. The van der Waals surface area contributed by atoms with E-state index in [1.54, 1.807) is 6.08 Å². The molecule has 0 bridgehead atoms. The third-order valence-corrected chi connectivity index (χ3v) is 2.78. The monoisotopic (exact) mass is 292 g/mol. The zero-order chi connectivity index (χ0) is 15.8. The minimum absolute atomic E-state index is 0.0769. The lowest BCUT2D eigenvalue weighted by Crippen LogP contribution is -2.43. The molecule has 0 aliphatic carbocycles. The number of hydrogen-bond acceptors (Lipinski definition) is 4. The Morgan fingerprint density at radius 2 is 1.95 bits per heavy atom. The Bertz CT molecular complexity index is 509. The predicted molar refractivity (Wildman–Crippen MR) is 81.2 cm³/mol. The molecule has 6 heteroatoms. The molecule has 0 fully saturated rings. The van der Waals surface area contributed by atoms with Crippen molar-refractivity contribution in [2.75, 3.05) is 32.7 Å². The highest BCUT2D eigenvalue weighted by Crippen LogP contribution is 2.12. The van der Waals surface area contributed by atoms with Crippen molar-refractivity contribution < 1.29 is 19.4 Å². The Morgan fingerprint density at radius 3 is 2.43 bits per heavy atom. The van der Waals surface area contributed by atoms with Gasteiger partial charge in [-0.3, -0.25) is 4.79 Å². The van der Waals surface area contributed by atoms with Gasteiger partial charge in [-0.1, -0.05) is 12.1 Å². The topological polar surface area (TPSA) is 78.9 Å². The van der Waals surface area contributed by atoms with Gasteiger partial charge in [0.1, 0.15) is 0 Å². The van der Waals surface area contributed by atoms with Gasteiger partial charge in [-0.25, -0.2) is 4.79 Å². The number of carbonyl (C=O) groups is 2. The smallest absolute Gasteiger partial charge is 0.328 e.